The molecule has 5 nitrogen and oxygen atoms in total. The second-order valence-corrected chi connectivity index (χ2v) is 6.02. The molecule has 1 aliphatic heterocycles. The Hall–Kier alpha value is -2.14. The number of carbonyl (C=O) groups is 2. The molecule has 22 heavy (non-hydrogen) atoms. The number of urea groups is 1. The van der Waals surface area contributed by atoms with Crippen LogP contribution in [0.15, 0.2) is 36.4 Å². The summed E-state index contributed by atoms with van der Waals surface area (Å²) in [5.74, 6) is -0.204. The fraction of sp³-hybridized carbons (Fsp3) is 0.412. The Labute approximate surface area is 130 Å². The normalized spacial score (nSPS) is 20.9. The molecule has 3 amide bonds. The fourth-order valence-electron chi connectivity index (χ4n) is 2.71. The number of nitrogens with one attached hydrogen (secondary N) is 3. The minimum atomic E-state index is -0.357. The lowest BCUT2D eigenvalue weighted by atomic mass is 10.00. The maximum atomic E-state index is 11.9. The standard InChI is InChI=1S/C17H21N3O2/c21-16(19-17(22)18-15-6-7-15)12-20-10-8-14(9-11-20)13-4-2-1-3-5-13/h1-5,8,15H,6-7,9-12H2,(H2,18,19,21,22)/p+1. The lowest BCUT2D eigenvalue weighted by Crippen LogP contribution is -3.13. The molecule has 0 saturated heterocycles. The summed E-state index contributed by atoms with van der Waals surface area (Å²) in [5, 5.41) is 5.17. The Morgan fingerprint density at radius 1 is 1.18 bits per heavy atom. The first-order chi connectivity index (χ1) is 10.7. The molecule has 1 fully saturated rings. The summed E-state index contributed by atoms with van der Waals surface area (Å²) < 4.78 is 0. The molecular weight excluding hydrogens is 278 g/mol. The summed E-state index contributed by atoms with van der Waals surface area (Å²) in [6, 6.07) is 10.2. The number of hydrogen-bond donors (Lipinski definition) is 3. The highest BCUT2D eigenvalue weighted by molar-refractivity contribution is 5.94. The van der Waals surface area contributed by atoms with Crippen LogP contribution in [0.25, 0.3) is 5.57 Å². The third kappa shape index (κ3) is 4.18. The summed E-state index contributed by atoms with van der Waals surface area (Å²) in [7, 11) is 0. The smallest absolute Gasteiger partial charge is 0.321 e. The van der Waals surface area contributed by atoms with E-state index in [4.69, 9.17) is 0 Å². The molecule has 1 unspecified atom stereocenters. The van der Waals surface area contributed by atoms with E-state index in [0.29, 0.717) is 6.54 Å². The van der Waals surface area contributed by atoms with Crippen molar-refractivity contribution in [3.8, 4) is 0 Å². The largest absolute Gasteiger partial charge is 0.335 e. The van der Waals surface area contributed by atoms with Crippen LogP contribution in [-0.2, 0) is 4.79 Å². The Morgan fingerprint density at radius 3 is 2.59 bits per heavy atom. The van der Waals surface area contributed by atoms with Crippen LogP contribution in [-0.4, -0.2) is 37.6 Å². The van der Waals surface area contributed by atoms with Crippen LogP contribution in [0.1, 0.15) is 24.8 Å². The maximum absolute atomic E-state index is 11.9. The van der Waals surface area contributed by atoms with Crippen molar-refractivity contribution in [3.05, 3.63) is 42.0 Å². The predicted octanol–water partition coefficient (Wildman–Crippen LogP) is 0.347. The molecule has 1 saturated carbocycles. The lowest BCUT2D eigenvalue weighted by Gasteiger charge is -2.23. The number of quaternary nitrogens is 1. The molecule has 0 bridgehead atoms. The molecule has 5 heteroatoms. The van der Waals surface area contributed by atoms with E-state index in [-0.39, 0.29) is 18.0 Å². The average Bonchev–Trinajstić information content (AvgIpc) is 3.32. The van der Waals surface area contributed by atoms with E-state index >= 15 is 0 Å². The molecule has 0 radical (unpaired) electrons. The molecule has 0 spiro atoms. The summed E-state index contributed by atoms with van der Waals surface area (Å²) in [6.07, 6.45) is 5.20. The zero-order chi connectivity index (χ0) is 15.4. The highest BCUT2D eigenvalue weighted by Gasteiger charge is 2.25. The van der Waals surface area contributed by atoms with Gasteiger partial charge in [0.05, 0.1) is 13.1 Å². The van der Waals surface area contributed by atoms with Crippen LogP contribution in [0, 0.1) is 0 Å². The zero-order valence-corrected chi connectivity index (χ0v) is 12.6. The topological polar surface area (TPSA) is 62.6 Å². The fourth-order valence-corrected chi connectivity index (χ4v) is 2.71. The van der Waals surface area contributed by atoms with Crippen LogP contribution in [0.4, 0.5) is 4.79 Å². The van der Waals surface area contributed by atoms with Crippen LogP contribution in [0.2, 0.25) is 0 Å². The summed E-state index contributed by atoms with van der Waals surface area (Å²) in [5.41, 5.74) is 2.60. The average molecular weight is 300 g/mol. The Bertz CT molecular complexity index is 579. The van der Waals surface area contributed by atoms with E-state index in [2.05, 4.69) is 28.8 Å². The second-order valence-electron chi connectivity index (χ2n) is 6.02. The molecule has 3 rings (SSSR count). The van der Waals surface area contributed by atoms with Gasteiger partial charge in [-0.05, 0) is 30.1 Å². The number of amides is 3. The van der Waals surface area contributed by atoms with Gasteiger partial charge in [-0.25, -0.2) is 4.79 Å². The van der Waals surface area contributed by atoms with Gasteiger partial charge in [-0.3, -0.25) is 10.1 Å². The van der Waals surface area contributed by atoms with Gasteiger partial charge in [0, 0.05) is 12.5 Å². The van der Waals surface area contributed by atoms with Gasteiger partial charge in [0.1, 0.15) is 0 Å². The number of rotatable bonds is 4. The second kappa shape index (κ2) is 6.75. The van der Waals surface area contributed by atoms with Crippen LogP contribution >= 0.6 is 0 Å². The highest BCUT2D eigenvalue weighted by atomic mass is 16.2. The molecule has 1 heterocycles. The molecule has 1 atom stereocenters. The van der Waals surface area contributed by atoms with Gasteiger partial charge in [0.15, 0.2) is 6.54 Å². The first-order valence-electron chi connectivity index (χ1n) is 7.89. The number of carbonyl (C=O) groups excluding carboxylic acids is 2. The third-order valence-corrected chi connectivity index (χ3v) is 4.11. The lowest BCUT2D eigenvalue weighted by molar-refractivity contribution is -0.886. The predicted molar refractivity (Wildman–Crippen MR) is 84.3 cm³/mol. The number of imide groups is 1. The zero-order valence-electron chi connectivity index (χ0n) is 12.6. The van der Waals surface area contributed by atoms with Gasteiger partial charge in [0.2, 0.25) is 0 Å². The van der Waals surface area contributed by atoms with Crippen LogP contribution < -0.4 is 15.5 Å². The van der Waals surface area contributed by atoms with Crippen molar-refractivity contribution in [1.82, 2.24) is 10.6 Å². The van der Waals surface area contributed by atoms with E-state index in [1.54, 1.807) is 0 Å². The van der Waals surface area contributed by atoms with Gasteiger partial charge in [0.25, 0.3) is 5.91 Å². The van der Waals surface area contributed by atoms with E-state index in [0.717, 1.165) is 32.4 Å². The number of benzene rings is 1. The molecule has 3 N–H and O–H groups in total. The number of hydrogen-bond acceptors (Lipinski definition) is 2. The Kier molecular flexibility index (Phi) is 4.53. The summed E-state index contributed by atoms with van der Waals surface area (Å²) in [4.78, 5) is 24.6. The summed E-state index contributed by atoms with van der Waals surface area (Å²) in [6.45, 7) is 2.08. The molecule has 2 aliphatic rings. The Balaban J connectivity index is 1.45. The van der Waals surface area contributed by atoms with Crippen molar-refractivity contribution < 1.29 is 14.5 Å². The molecular formula is C17H22N3O2+. The third-order valence-electron chi connectivity index (χ3n) is 4.11. The van der Waals surface area contributed by atoms with Crippen LogP contribution in [0.5, 0.6) is 0 Å². The van der Waals surface area contributed by atoms with Crippen molar-refractivity contribution in [2.45, 2.75) is 25.3 Å². The Morgan fingerprint density at radius 2 is 1.95 bits per heavy atom. The van der Waals surface area contributed by atoms with E-state index < -0.39 is 0 Å². The molecule has 1 aromatic carbocycles. The SMILES string of the molecule is O=C(C[NH+]1CC=C(c2ccccc2)CC1)NC(=O)NC1CC1. The minimum Gasteiger partial charge on any atom is -0.335 e. The first kappa shape index (κ1) is 14.8. The van der Waals surface area contributed by atoms with E-state index in [1.807, 2.05) is 18.2 Å². The molecule has 116 valence electrons. The van der Waals surface area contributed by atoms with Gasteiger partial charge in [-0.15, -0.1) is 0 Å². The molecule has 0 aromatic heterocycles. The minimum absolute atomic E-state index is 0.204. The van der Waals surface area contributed by atoms with Crippen molar-refractivity contribution in [2.75, 3.05) is 19.6 Å². The summed E-state index contributed by atoms with van der Waals surface area (Å²) >= 11 is 0. The van der Waals surface area contributed by atoms with Gasteiger partial charge in [-0.1, -0.05) is 30.3 Å². The van der Waals surface area contributed by atoms with Crippen molar-refractivity contribution >= 4 is 17.5 Å². The van der Waals surface area contributed by atoms with Crippen molar-refractivity contribution in [1.29, 1.82) is 0 Å². The van der Waals surface area contributed by atoms with Gasteiger partial charge in [-0.2, -0.15) is 0 Å². The van der Waals surface area contributed by atoms with Gasteiger partial charge < -0.3 is 10.2 Å². The molecule has 1 aliphatic carbocycles. The van der Waals surface area contributed by atoms with Crippen molar-refractivity contribution in [3.63, 3.8) is 0 Å². The van der Waals surface area contributed by atoms with Crippen molar-refractivity contribution in [2.24, 2.45) is 0 Å². The van der Waals surface area contributed by atoms with Crippen LogP contribution in [0.3, 0.4) is 0 Å². The quantitative estimate of drug-likeness (QED) is 0.751. The maximum Gasteiger partial charge on any atom is 0.321 e. The first-order valence-corrected chi connectivity index (χ1v) is 7.89. The monoisotopic (exact) mass is 300 g/mol. The molecule has 1 aromatic rings. The van der Waals surface area contributed by atoms with E-state index in [1.165, 1.54) is 16.0 Å². The van der Waals surface area contributed by atoms with Gasteiger partial charge >= 0.3 is 6.03 Å². The highest BCUT2D eigenvalue weighted by Crippen LogP contribution is 2.18. The van der Waals surface area contributed by atoms with E-state index in [9.17, 15) is 9.59 Å².